The van der Waals surface area contributed by atoms with Crippen LogP contribution in [0.1, 0.15) is 31.0 Å². The molecule has 2 rings (SSSR count). The van der Waals surface area contributed by atoms with E-state index in [0.29, 0.717) is 13.1 Å². The van der Waals surface area contributed by atoms with Crippen LogP contribution < -0.4 is 0 Å². The highest BCUT2D eigenvalue weighted by Gasteiger charge is 2.18. The van der Waals surface area contributed by atoms with Crippen molar-refractivity contribution in [2.75, 3.05) is 26.7 Å². The molecule has 2 aromatic carbocycles. The third kappa shape index (κ3) is 6.24. The van der Waals surface area contributed by atoms with Crippen LogP contribution in [0.3, 0.4) is 0 Å². The van der Waals surface area contributed by atoms with Gasteiger partial charge in [-0.15, -0.1) is 0 Å². The highest BCUT2D eigenvalue weighted by molar-refractivity contribution is 5.19. The zero-order valence-electron chi connectivity index (χ0n) is 15.4. The van der Waals surface area contributed by atoms with Crippen molar-refractivity contribution in [1.82, 2.24) is 9.80 Å². The lowest BCUT2D eigenvalue weighted by Crippen LogP contribution is -2.40. The molecule has 0 radical (unpaired) electrons. The molecule has 0 heterocycles. The van der Waals surface area contributed by atoms with Gasteiger partial charge in [-0.25, -0.2) is 4.39 Å². The van der Waals surface area contributed by atoms with E-state index in [1.807, 2.05) is 37.4 Å². The van der Waals surface area contributed by atoms with Gasteiger partial charge in [-0.3, -0.25) is 9.80 Å². The summed E-state index contributed by atoms with van der Waals surface area (Å²) in [6, 6.07) is 17.0. The average Bonchev–Trinajstić information content (AvgIpc) is 2.60. The summed E-state index contributed by atoms with van der Waals surface area (Å²) in [5.41, 5.74) is 2.30. The predicted octanol–water partition coefficient (Wildman–Crippen LogP) is 3.70. The Bertz CT molecular complexity index is 618. The van der Waals surface area contributed by atoms with Gasteiger partial charge in [0.1, 0.15) is 5.82 Å². The van der Waals surface area contributed by atoms with Gasteiger partial charge in [0.2, 0.25) is 0 Å². The lowest BCUT2D eigenvalue weighted by atomic mass is 10.1. The first kappa shape index (κ1) is 19.6. The lowest BCUT2D eigenvalue weighted by Gasteiger charge is -2.31. The van der Waals surface area contributed by atoms with Gasteiger partial charge in [-0.2, -0.15) is 0 Å². The largest absolute Gasteiger partial charge is 0.390 e. The van der Waals surface area contributed by atoms with Crippen molar-refractivity contribution in [3.63, 3.8) is 0 Å². The fourth-order valence-electron chi connectivity index (χ4n) is 3.16. The Balaban J connectivity index is 1.88. The number of aliphatic hydroxyl groups is 1. The summed E-state index contributed by atoms with van der Waals surface area (Å²) in [6.07, 6.45) is -0.434. The fraction of sp³-hybridized carbons (Fsp3) is 0.429. The molecule has 0 fully saturated rings. The van der Waals surface area contributed by atoms with Crippen LogP contribution in [0.4, 0.5) is 4.39 Å². The molecule has 0 aliphatic carbocycles. The second kappa shape index (κ2) is 9.66. The smallest absolute Gasteiger partial charge is 0.123 e. The highest BCUT2D eigenvalue weighted by Crippen LogP contribution is 2.20. The van der Waals surface area contributed by atoms with E-state index in [0.717, 1.165) is 18.7 Å². The van der Waals surface area contributed by atoms with Crippen LogP contribution in [0.5, 0.6) is 0 Å². The zero-order chi connectivity index (χ0) is 18.2. The van der Waals surface area contributed by atoms with Gasteiger partial charge in [0.05, 0.1) is 6.10 Å². The minimum Gasteiger partial charge on any atom is -0.390 e. The van der Waals surface area contributed by atoms with Gasteiger partial charge < -0.3 is 5.11 Å². The van der Waals surface area contributed by atoms with Crippen molar-refractivity contribution < 1.29 is 9.50 Å². The van der Waals surface area contributed by atoms with Gasteiger partial charge >= 0.3 is 0 Å². The normalized spacial score (nSPS) is 14.0. The molecule has 0 amide bonds. The number of rotatable bonds is 9. The minimum absolute atomic E-state index is 0.139. The molecule has 0 saturated carbocycles. The average molecular weight is 344 g/mol. The maximum absolute atomic E-state index is 13.1. The standard InChI is InChI=1S/C21H29FN2O/c1-4-24(17(2)19-10-12-20(22)13-11-19)16-21(25)15-23(3)14-18-8-6-5-7-9-18/h5-13,17,21,25H,4,14-16H2,1-3H3. The minimum atomic E-state index is -0.434. The Hall–Kier alpha value is -1.75. The van der Waals surface area contributed by atoms with E-state index in [2.05, 4.69) is 35.8 Å². The van der Waals surface area contributed by atoms with Crippen LogP contribution in [-0.4, -0.2) is 47.7 Å². The van der Waals surface area contributed by atoms with Crippen LogP contribution in [0.15, 0.2) is 54.6 Å². The fourth-order valence-corrected chi connectivity index (χ4v) is 3.16. The summed E-state index contributed by atoms with van der Waals surface area (Å²) in [5.74, 6) is -0.221. The zero-order valence-corrected chi connectivity index (χ0v) is 15.4. The predicted molar refractivity (Wildman–Crippen MR) is 101 cm³/mol. The summed E-state index contributed by atoms with van der Waals surface area (Å²) in [7, 11) is 2.02. The first-order valence-electron chi connectivity index (χ1n) is 8.89. The van der Waals surface area contributed by atoms with E-state index in [4.69, 9.17) is 0 Å². The van der Waals surface area contributed by atoms with Crippen LogP contribution in [0.25, 0.3) is 0 Å². The quantitative estimate of drug-likeness (QED) is 0.751. The van der Waals surface area contributed by atoms with Crippen LogP contribution in [0.2, 0.25) is 0 Å². The first-order valence-corrected chi connectivity index (χ1v) is 8.89. The van der Waals surface area contributed by atoms with E-state index in [1.165, 1.54) is 17.7 Å². The van der Waals surface area contributed by atoms with Gasteiger partial charge in [0.25, 0.3) is 0 Å². The molecular formula is C21H29FN2O. The molecule has 1 N–H and O–H groups in total. The molecule has 0 bridgehead atoms. The Labute approximate surface area is 150 Å². The van der Waals surface area contributed by atoms with Gasteiger partial charge in [-0.05, 0) is 43.8 Å². The maximum Gasteiger partial charge on any atom is 0.123 e. The van der Waals surface area contributed by atoms with Gasteiger partial charge in [0.15, 0.2) is 0 Å². The van der Waals surface area contributed by atoms with E-state index < -0.39 is 6.10 Å². The molecule has 3 nitrogen and oxygen atoms in total. The SMILES string of the molecule is CCN(CC(O)CN(C)Cc1ccccc1)C(C)c1ccc(F)cc1. The van der Waals surface area contributed by atoms with Crippen molar-refractivity contribution in [2.45, 2.75) is 32.5 Å². The molecule has 0 aliphatic heterocycles. The third-order valence-electron chi connectivity index (χ3n) is 4.57. The van der Waals surface area contributed by atoms with Gasteiger partial charge in [-0.1, -0.05) is 49.4 Å². The number of halogens is 1. The Morgan fingerprint density at radius 2 is 1.64 bits per heavy atom. The summed E-state index contributed by atoms with van der Waals surface area (Å²) in [6.45, 7) is 7.03. The van der Waals surface area contributed by atoms with Crippen molar-refractivity contribution in [3.05, 3.63) is 71.5 Å². The molecular weight excluding hydrogens is 315 g/mol. The molecule has 2 aromatic rings. The van der Waals surface area contributed by atoms with E-state index in [-0.39, 0.29) is 11.9 Å². The number of hydrogen-bond acceptors (Lipinski definition) is 3. The molecule has 2 unspecified atom stereocenters. The van der Waals surface area contributed by atoms with Crippen molar-refractivity contribution >= 4 is 0 Å². The second-order valence-electron chi connectivity index (χ2n) is 6.65. The summed E-state index contributed by atoms with van der Waals surface area (Å²) >= 11 is 0. The van der Waals surface area contributed by atoms with Crippen molar-refractivity contribution in [3.8, 4) is 0 Å². The first-order chi connectivity index (χ1) is 12.0. The second-order valence-corrected chi connectivity index (χ2v) is 6.65. The van der Waals surface area contributed by atoms with E-state index in [9.17, 15) is 9.50 Å². The Morgan fingerprint density at radius 3 is 2.24 bits per heavy atom. The van der Waals surface area contributed by atoms with E-state index in [1.54, 1.807) is 0 Å². The van der Waals surface area contributed by atoms with Crippen LogP contribution in [-0.2, 0) is 6.54 Å². The molecule has 0 aliphatic rings. The monoisotopic (exact) mass is 344 g/mol. The Morgan fingerprint density at radius 1 is 1.00 bits per heavy atom. The maximum atomic E-state index is 13.1. The number of nitrogens with zero attached hydrogens (tertiary/aromatic N) is 2. The number of aliphatic hydroxyl groups excluding tert-OH is 1. The van der Waals surface area contributed by atoms with Crippen LogP contribution >= 0.6 is 0 Å². The number of likely N-dealkylation sites (N-methyl/N-ethyl adjacent to an activating group) is 2. The van der Waals surface area contributed by atoms with Gasteiger partial charge in [0, 0.05) is 25.7 Å². The lowest BCUT2D eigenvalue weighted by molar-refractivity contribution is 0.0672. The molecule has 2 atom stereocenters. The summed E-state index contributed by atoms with van der Waals surface area (Å²) < 4.78 is 13.1. The summed E-state index contributed by atoms with van der Waals surface area (Å²) in [4.78, 5) is 4.35. The molecule has 4 heteroatoms. The topological polar surface area (TPSA) is 26.7 Å². The number of hydrogen-bond donors (Lipinski definition) is 1. The van der Waals surface area contributed by atoms with Crippen molar-refractivity contribution in [2.24, 2.45) is 0 Å². The summed E-state index contributed by atoms with van der Waals surface area (Å²) in [5, 5.41) is 10.5. The Kier molecular flexibility index (Phi) is 7.56. The van der Waals surface area contributed by atoms with E-state index >= 15 is 0 Å². The molecule has 25 heavy (non-hydrogen) atoms. The molecule has 0 spiro atoms. The molecule has 0 aromatic heterocycles. The molecule has 136 valence electrons. The highest BCUT2D eigenvalue weighted by atomic mass is 19.1. The van der Waals surface area contributed by atoms with Crippen LogP contribution in [0, 0.1) is 5.82 Å². The third-order valence-corrected chi connectivity index (χ3v) is 4.57. The number of benzene rings is 2. The van der Waals surface area contributed by atoms with Crippen molar-refractivity contribution in [1.29, 1.82) is 0 Å². The molecule has 0 saturated heterocycles.